The van der Waals surface area contributed by atoms with Gasteiger partial charge in [-0.15, -0.1) is 12.4 Å². The molecule has 0 saturated carbocycles. The van der Waals surface area contributed by atoms with Crippen molar-refractivity contribution in [2.24, 2.45) is 5.84 Å². The number of anilines is 1. The Labute approximate surface area is 91.8 Å². The number of hydrogen-bond acceptors (Lipinski definition) is 3. The molecular formula is C7H6Cl3N3. The first-order valence-electron chi connectivity index (χ1n) is 3.04. The molecule has 1 rings (SSSR count). The summed E-state index contributed by atoms with van der Waals surface area (Å²) in [5, 5.41) is 9.20. The van der Waals surface area contributed by atoms with Crippen LogP contribution in [0.25, 0.3) is 0 Å². The van der Waals surface area contributed by atoms with Crippen LogP contribution >= 0.6 is 35.6 Å². The predicted octanol–water partition coefficient (Wildman–Crippen LogP) is 2.57. The minimum absolute atomic E-state index is 0. The fourth-order valence-corrected chi connectivity index (χ4v) is 1.37. The molecule has 13 heavy (non-hydrogen) atoms. The van der Waals surface area contributed by atoms with Crippen molar-refractivity contribution in [3.63, 3.8) is 0 Å². The summed E-state index contributed by atoms with van der Waals surface area (Å²) in [5.41, 5.74) is 3.18. The van der Waals surface area contributed by atoms with E-state index in [1.165, 1.54) is 12.1 Å². The second-order valence-electron chi connectivity index (χ2n) is 2.07. The second-order valence-corrected chi connectivity index (χ2v) is 2.89. The van der Waals surface area contributed by atoms with E-state index >= 15 is 0 Å². The smallest absolute Gasteiger partial charge is 0.0992 e. The average Bonchev–Trinajstić information content (AvgIpc) is 2.03. The molecule has 0 aliphatic rings. The van der Waals surface area contributed by atoms with Crippen molar-refractivity contribution in [1.29, 1.82) is 5.26 Å². The first kappa shape index (κ1) is 12.3. The van der Waals surface area contributed by atoms with Crippen LogP contribution in [0.2, 0.25) is 10.0 Å². The van der Waals surface area contributed by atoms with Crippen molar-refractivity contribution in [2.45, 2.75) is 0 Å². The average molecular weight is 239 g/mol. The summed E-state index contributed by atoms with van der Waals surface area (Å²) < 4.78 is 0. The molecule has 1 aromatic carbocycles. The lowest BCUT2D eigenvalue weighted by molar-refractivity contribution is 1.35. The largest absolute Gasteiger partial charge is 0.321 e. The molecule has 0 aliphatic heterocycles. The highest BCUT2D eigenvalue weighted by atomic mass is 35.5. The third kappa shape index (κ3) is 2.64. The quantitative estimate of drug-likeness (QED) is 0.584. The van der Waals surface area contributed by atoms with Crippen LogP contribution in [-0.4, -0.2) is 0 Å². The second kappa shape index (κ2) is 5.15. The van der Waals surface area contributed by atoms with Gasteiger partial charge in [0.1, 0.15) is 0 Å². The number of hydrogen-bond donors (Lipinski definition) is 2. The van der Waals surface area contributed by atoms with Crippen molar-refractivity contribution in [3.8, 4) is 6.07 Å². The number of nitrogens with zero attached hydrogens (tertiary/aromatic N) is 1. The first-order chi connectivity index (χ1) is 5.69. The van der Waals surface area contributed by atoms with E-state index in [4.69, 9.17) is 34.3 Å². The van der Waals surface area contributed by atoms with Gasteiger partial charge in [-0.1, -0.05) is 23.2 Å². The number of nitrogens with one attached hydrogen (secondary N) is 1. The van der Waals surface area contributed by atoms with Gasteiger partial charge in [0, 0.05) is 0 Å². The Bertz CT molecular complexity index is 322. The normalized spacial score (nSPS) is 8.46. The van der Waals surface area contributed by atoms with Gasteiger partial charge in [-0.3, -0.25) is 5.84 Å². The number of nitrogen functional groups attached to an aromatic ring is 1. The maximum absolute atomic E-state index is 8.53. The van der Waals surface area contributed by atoms with Crippen molar-refractivity contribution in [2.75, 3.05) is 5.43 Å². The van der Waals surface area contributed by atoms with Gasteiger partial charge in [0.2, 0.25) is 0 Å². The van der Waals surface area contributed by atoms with Gasteiger partial charge < -0.3 is 5.43 Å². The Kier molecular flexibility index (Phi) is 4.89. The number of rotatable bonds is 1. The molecule has 0 atom stereocenters. The summed E-state index contributed by atoms with van der Waals surface area (Å²) in [5.74, 6) is 5.14. The molecule has 3 N–H and O–H groups in total. The molecular weight excluding hydrogens is 232 g/mol. The first-order valence-corrected chi connectivity index (χ1v) is 3.80. The Balaban J connectivity index is 0.00000144. The molecule has 70 valence electrons. The molecule has 0 spiro atoms. The molecule has 0 amide bonds. The summed E-state index contributed by atoms with van der Waals surface area (Å²) in [6.07, 6.45) is 0. The van der Waals surface area contributed by atoms with E-state index < -0.39 is 0 Å². The predicted molar refractivity (Wildman–Crippen MR) is 56.2 cm³/mol. The van der Waals surface area contributed by atoms with Gasteiger partial charge in [0.15, 0.2) is 0 Å². The van der Waals surface area contributed by atoms with E-state index in [0.717, 1.165) is 0 Å². The molecule has 0 aliphatic carbocycles. The molecule has 0 radical (unpaired) electrons. The van der Waals surface area contributed by atoms with Crippen LogP contribution in [-0.2, 0) is 0 Å². The summed E-state index contributed by atoms with van der Waals surface area (Å²) in [7, 11) is 0. The zero-order valence-corrected chi connectivity index (χ0v) is 8.67. The number of nitrogens with two attached hydrogens (primary N) is 1. The Hall–Kier alpha value is -0.660. The lowest BCUT2D eigenvalue weighted by atomic mass is 10.2. The molecule has 0 unspecified atom stereocenters. The number of hydrazine groups is 1. The maximum atomic E-state index is 8.53. The summed E-state index contributed by atoms with van der Waals surface area (Å²) in [6, 6.07) is 4.90. The fourth-order valence-electron chi connectivity index (χ4n) is 0.776. The zero-order valence-electron chi connectivity index (χ0n) is 6.34. The Morgan fingerprint density at radius 1 is 1.31 bits per heavy atom. The summed E-state index contributed by atoms with van der Waals surface area (Å²) >= 11 is 11.5. The molecule has 0 fully saturated rings. The molecule has 1 aromatic rings. The minimum Gasteiger partial charge on any atom is -0.321 e. The van der Waals surface area contributed by atoms with Crippen LogP contribution < -0.4 is 11.3 Å². The molecule has 0 heterocycles. The third-order valence-corrected chi connectivity index (χ3v) is 1.91. The lowest BCUT2D eigenvalue weighted by Gasteiger charge is -2.05. The van der Waals surface area contributed by atoms with E-state index in [-0.39, 0.29) is 12.4 Å². The summed E-state index contributed by atoms with van der Waals surface area (Å²) in [6.45, 7) is 0. The highest BCUT2D eigenvalue weighted by molar-refractivity contribution is 6.39. The SMILES string of the molecule is Cl.N#Cc1cc(Cl)c(NN)c(Cl)c1. The molecule has 0 aromatic heterocycles. The standard InChI is InChI=1S/C7H5Cl2N3.ClH/c8-5-1-4(3-10)2-6(9)7(5)12-11;/h1-2,12H,11H2;1H. The van der Waals surface area contributed by atoms with Gasteiger partial charge in [0.25, 0.3) is 0 Å². The van der Waals surface area contributed by atoms with Crippen LogP contribution in [0, 0.1) is 11.3 Å². The van der Waals surface area contributed by atoms with Gasteiger partial charge in [-0.2, -0.15) is 5.26 Å². The molecule has 0 bridgehead atoms. The van der Waals surface area contributed by atoms with E-state index in [2.05, 4.69) is 5.43 Å². The van der Waals surface area contributed by atoms with Crippen LogP contribution in [0.4, 0.5) is 5.69 Å². The monoisotopic (exact) mass is 237 g/mol. The van der Waals surface area contributed by atoms with E-state index in [9.17, 15) is 0 Å². The van der Waals surface area contributed by atoms with E-state index in [1.54, 1.807) is 0 Å². The van der Waals surface area contributed by atoms with Crippen LogP contribution in [0.5, 0.6) is 0 Å². The van der Waals surface area contributed by atoms with Gasteiger partial charge in [-0.25, -0.2) is 0 Å². The third-order valence-electron chi connectivity index (χ3n) is 1.32. The van der Waals surface area contributed by atoms with Gasteiger partial charge >= 0.3 is 0 Å². The lowest BCUT2D eigenvalue weighted by Crippen LogP contribution is -2.07. The molecule has 6 heteroatoms. The number of benzene rings is 1. The minimum atomic E-state index is 0. The van der Waals surface area contributed by atoms with Gasteiger partial charge in [0.05, 0.1) is 27.4 Å². The van der Waals surface area contributed by atoms with Crippen molar-refractivity contribution >= 4 is 41.3 Å². The van der Waals surface area contributed by atoms with Crippen molar-refractivity contribution < 1.29 is 0 Å². The van der Waals surface area contributed by atoms with E-state index in [1.807, 2.05) is 6.07 Å². The van der Waals surface area contributed by atoms with E-state index in [0.29, 0.717) is 21.3 Å². The summed E-state index contributed by atoms with van der Waals surface area (Å²) in [4.78, 5) is 0. The van der Waals surface area contributed by atoms with Crippen LogP contribution in [0.1, 0.15) is 5.56 Å². The number of halogens is 3. The Morgan fingerprint density at radius 3 is 2.08 bits per heavy atom. The molecule has 0 saturated heterocycles. The van der Waals surface area contributed by atoms with Crippen molar-refractivity contribution in [3.05, 3.63) is 27.7 Å². The highest BCUT2D eigenvalue weighted by Gasteiger charge is 2.05. The fraction of sp³-hybridized carbons (Fsp3) is 0. The maximum Gasteiger partial charge on any atom is 0.0992 e. The van der Waals surface area contributed by atoms with Crippen molar-refractivity contribution in [1.82, 2.24) is 0 Å². The molecule has 3 nitrogen and oxygen atoms in total. The van der Waals surface area contributed by atoms with Gasteiger partial charge in [-0.05, 0) is 12.1 Å². The number of nitriles is 1. The zero-order chi connectivity index (χ0) is 9.14. The Morgan fingerprint density at radius 2 is 1.77 bits per heavy atom. The van der Waals surface area contributed by atoms with Crippen LogP contribution in [0.15, 0.2) is 12.1 Å². The van der Waals surface area contributed by atoms with Crippen LogP contribution in [0.3, 0.4) is 0 Å². The highest BCUT2D eigenvalue weighted by Crippen LogP contribution is 2.30. The topological polar surface area (TPSA) is 61.8 Å².